The Balaban J connectivity index is 2.52. The number of nitrogens with one attached hydrogen (secondary N) is 1. The predicted octanol–water partition coefficient (Wildman–Crippen LogP) is 1.73. The van der Waals surface area contributed by atoms with Crippen LogP contribution in [0.4, 0.5) is 0 Å². The number of carbonyl (C=O) groups excluding carboxylic acids is 1. The van der Waals surface area contributed by atoms with Crippen LogP contribution in [0.15, 0.2) is 30.3 Å². The first kappa shape index (κ1) is 14.5. The van der Waals surface area contributed by atoms with Crippen molar-refractivity contribution in [2.24, 2.45) is 0 Å². The first-order chi connectivity index (χ1) is 8.67. The van der Waals surface area contributed by atoms with Crippen molar-refractivity contribution in [1.29, 1.82) is 0 Å². The zero-order valence-electron chi connectivity index (χ0n) is 10.9. The molecule has 0 saturated carbocycles. The zero-order chi connectivity index (χ0) is 13.4. The lowest BCUT2D eigenvalue weighted by atomic mass is 10.2. The first-order valence-electron chi connectivity index (χ1n) is 6.30. The fourth-order valence-electron chi connectivity index (χ4n) is 1.59. The van der Waals surface area contributed by atoms with E-state index < -0.39 is 6.10 Å². The van der Waals surface area contributed by atoms with E-state index in [1.54, 1.807) is 0 Å². The highest BCUT2D eigenvalue weighted by atomic mass is 16.5. The van der Waals surface area contributed by atoms with Gasteiger partial charge in [-0.15, -0.1) is 0 Å². The average molecular weight is 251 g/mol. The molecule has 1 aromatic rings. The smallest absolute Gasteiger partial charge is 0.261 e. The SMILES string of the molecule is CCC(Oc1ccccc1)C(=O)NC(C)CCO. The largest absolute Gasteiger partial charge is 0.481 e. The molecule has 0 radical (unpaired) electrons. The molecule has 0 saturated heterocycles. The minimum absolute atomic E-state index is 0.0454. The molecule has 0 aromatic heterocycles. The number of hydrogen-bond acceptors (Lipinski definition) is 3. The van der Waals surface area contributed by atoms with Gasteiger partial charge >= 0.3 is 0 Å². The number of aliphatic hydroxyl groups is 1. The lowest BCUT2D eigenvalue weighted by molar-refractivity contribution is -0.128. The number of carbonyl (C=O) groups is 1. The Hall–Kier alpha value is -1.55. The van der Waals surface area contributed by atoms with Crippen LogP contribution in [-0.4, -0.2) is 29.8 Å². The fraction of sp³-hybridized carbons (Fsp3) is 0.500. The topological polar surface area (TPSA) is 58.6 Å². The van der Waals surface area contributed by atoms with Crippen LogP contribution in [0.25, 0.3) is 0 Å². The monoisotopic (exact) mass is 251 g/mol. The van der Waals surface area contributed by atoms with Gasteiger partial charge in [0, 0.05) is 12.6 Å². The van der Waals surface area contributed by atoms with Crippen LogP contribution < -0.4 is 10.1 Å². The lowest BCUT2D eigenvalue weighted by Gasteiger charge is -2.20. The van der Waals surface area contributed by atoms with Gasteiger partial charge in [-0.2, -0.15) is 0 Å². The van der Waals surface area contributed by atoms with Crippen molar-refractivity contribution < 1.29 is 14.6 Å². The molecule has 0 bridgehead atoms. The predicted molar refractivity (Wildman–Crippen MR) is 70.5 cm³/mol. The normalized spacial score (nSPS) is 13.7. The van der Waals surface area contributed by atoms with E-state index in [1.807, 2.05) is 44.2 Å². The summed E-state index contributed by atoms with van der Waals surface area (Å²) in [5.41, 5.74) is 0. The molecule has 2 unspecified atom stereocenters. The van der Waals surface area contributed by atoms with Crippen molar-refractivity contribution in [2.75, 3.05) is 6.61 Å². The van der Waals surface area contributed by atoms with E-state index >= 15 is 0 Å². The summed E-state index contributed by atoms with van der Waals surface area (Å²) in [7, 11) is 0. The first-order valence-corrected chi connectivity index (χ1v) is 6.30. The highest BCUT2D eigenvalue weighted by molar-refractivity contribution is 5.81. The number of amides is 1. The van der Waals surface area contributed by atoms with E-state index in [4.69, 9.17) is 9.84 Å². The third kappa shape index (κ3) is 4.75. The standard InChI is InChI=1S/C14H21NO3/c1-3-13(14(17)15-11(2)9-10-16)18-12-7-5-4-6-8-12/h4-8,11,13,16H,3,9-10H2,1-2H3,(H,15,17). The summed E-state index contributed by atoms with van der Waals surface area (Å²) in [6, 6.07) is 9.25. The second kappa shape index (κ2) is 7.71. The third-order valence-electron chi connectivity index (χ3n) is 2.64. The highest BCUT2D eigenvalue weighted by Gasteiger charge is 2.19. The quantitative estimate of drug-likeness (QED) is 0.776. The Labute approximate surface area is 108 Å². The summed E-state index contributed by atoms with van der Waals surface area (Å²) >= 11 is 0. The summed E-state index contributed by atoms with van der Waals surface area (Å²) in [5.74, 6) is 0.552. The molecule has 100 valence electrons. The summed E-state index contributed by atoms with van der Waals surface area (Å²) < 4.78 is 5.63. The molecule has 1 aromatic carbocycles. The van der Waals surface area contributed by atoms with Gasteiger partial charge in [0.05, 0.1) is 0 Å². The number of para-hydroxylation sites is 1. The minimum atomic E-state index is -0.492. The fourth-order valence-corrected chi connectivity index (χ4v) is 1.59. The Kier molecular flexibility index (Phi) is 6.22. The van der Waals surface area contributed by atoms with Crippen LogP contribution in [0.5, 0.6) is 5.75 Å². The van der Waals surface area contributed by atoms with E-state index in [-0.39, 0.29) is 18.6 Å². The van der Waals surface area contributed by atoms with Crippen LogP contribution in [-0.2, 0) is 4.79 Å². The molecular formula is C14H21NO3. The second-order valence-corrected chi connectivity index (χ2v) is 4.25. The summed E-state index contributed by atoms with van der Waals surface area (Å²) in [4.78, 5) is 11.9. The molecule has 0 aliphatic heterocycles. The van der Waals surface area contributed by atoms with E-state index in [0.29, 0.717) is 18.6 Å². The molecule has 0 fully saturated rings. The molecule has 0 aliphatic rings. The minimum Gasteiger partial charge on any atom is -0.481 e. The van der Waals surface area contributed by atoms with E-state index in [2.05, 4.69) is 5.32 Å². The van der Waals surface area contributed by atoms with Crippen molar-refractivity contribution in [3.05, 3.63) is 30.3 Å². The molecule has 4 nitrogen and oxygen atoms in total. The van der Waals surface area contributed by atoms with Gasteiger partial charge < -0.3 is 15.2 Å². The summed E-state index contributed by atoms with van der Waals surface area (Å²) in [5, 5.41) is 11.6. The molecule has 1 amide bonds. The molecule has 18 heavy (non-hydrogen) atoms. The number of hydrogen-bond donors (Lipinski definition) is 2. The third-order valence-corrected chi connectivity index (χ3v) is 2.64. The van der Waals surface area contributed by atoms with Crippen LogP contribution in [0.3, 0.4) is 0 Å². The van der Waals surface area contributed by atoms with Crippen molar-refractivity contribution in [1.82, 2.24) is 5.32 Å². The Morgan fingerprint density at radius 2 is 2.06 bits per heavy atom. The van der Waals surface area contributed by atoms with E-state index in [1.165, 1.54) is 0 Å². The lowest BCUT2D eigenvalue weighted by Crippen LogP contribution is -2.42. The van der Waals surface area contributed by atoms with Crippen LogP contribution in [0.2, 0.25) is 0 Å². The maximum atomic E-state index is 11.9. The van der Waals surface area contributed by atoms with Crippen molar-refractivity contribution >= 4 is 5.91 Å². The van der Waals surface area contributed by atoms with Gasteiger partial charge in [0.25, 0.3) is 5.91 Å². The number of benzene rings is 1. The second-order valence-electron chi connectivity index (χ2n) is 4.25. The number of rotatable bonds is 7. The van der Waals surface area contributed by atoms with Gasteiger partial charge in [-0.3, -0.25) is 4.79 Å². The van der Waals surface area contributed by atoms with Crippen molar-refractivity contribution in [3.8, 4) is 5.75 Å². The van der Waals surface area contributed by atoms with Crippen LogP contribution >= 0.6 is 0 Å². The summed E-state index contributed by atoms with van der Waals surface area (Å²) in [6.07, 6.45) is 0.661. The van der Waals surface area contributed by atoms with Gasteiger partial charge in [0.1, 0.15) is 5.75 Å². The molecule has 1 rings (SSSR count). The van der Waals surface area contributed by atoms with E-state index in [0.717, 1.165) is 0 Å². The van der Waals surface area contributed by atoms with Gasteiger partial charge in [0.2, 0.25) is 0 Å². The Morgan fingerprint density at radius 1 is 1.39 bits per heavy atom. The van der Waals surface area contributed by atoms with Gasteiger partial charge in [-0.1, -0.05) is 25.1 Å². The zero-order valence-corrected chi connectivity index (χ0v) is 10.9. The molecule has 0 aliphatic carbocycles. The highest BCUT2D eigenvalue weighted by Crippen LogP contribution is 2.12. The van der Waals surface area contributed by atoms with Gasteiger partial charge in [0.15, 0.2) is 6.10 Å². The average Bonchev–Trinajstić information content (AvgIpc) is 2.37. The summed E-state index contributed by atoms with van der Waals surface area (Å²) in [6.45, 7) is 3.84. The van der Waals surface area contributed by atoms with Crippen LogP contribution in [0.1, 0.15) is 26.7 Å². The molecular weight excluding hydrogens is 230 g/mol. The maximum absolute atomic E-state index is 11.9. The molecule has 4 heteroatoms. The Morgan fingerprint density at radius 3 is 2.61 bits per heavy atom. The van der Waals surface area contributed by atoms with Crippen molar-refractivity contribution in [3.63, 3.8) is 0 Å². The molecule has 2 atom stereocenters. The van der Waals surface area contributed by atoms with Crippen molar-refractivity contribution in [2.45, 2.75) is 38.8 Å². The van der Waals surface area contributed by atoms with E-state index in [9.17, 15) is 4.79 Å². The molecule has 0 spiro atoms. The Bertz CT molecular complexity index is 353. The molecule has 2 N–H and O–H groups in total. The molecule has 0 heterocycles. The van der Waals surface area contributed by atoms with Gasteiger partial charge in [-0.05, 0) is 31.9 Å². The maximum Gasteiger partial charge on any atom is 0.261 e. The van der Waals surface area contributed by atoms with Crippen LogP contribution in [0, 0.1) is 0 Å². The number of ether oxygens (including phenoxy) is 1. The number of aliphatic hydroxyl groups excluding tert-OH is 1. The van der Waals surface area contributed by atoms with Gasteiger partial charge in [-0.25, -0.2) is 0 Å².